The molecule has 21 heavy (non-hydrogen) atoms. The van der Waals surface area contributed by atoms with Crippen molar-refractivity contribution in [1.29, 1.82) is 0 Å². The quantitative estimate of drug-likeness (QED) is 0.864. The van der Waals surface area contributed by atoms with E-state index in [9.17, 15) is 14.7 Å². The Kier molecular flexibility index (Phi) is 4.74. The highest BCUT2D eigenvalue weighted by Gasteiger charge is 2.42. The van der Waals surface area contributed by atoms with E-state index in [2.05, 4.69) is 4.98 Å². The van der Waals surface area contributed by atoms with Gasteiger partial charge in [-0.15, -0.1) is 0 Å². The summed E-state index contributed by atoms with van der Waals surface area (Å²) in [4.78, 5) is 29.4. The Hall–Kier alpha value is -1.33. The van der Waals surface area contributed by atoms with Crippen LogP contribution >= 0.6 is 23.2 Å². The fraction of sp³-hybridized carbons (Fsp3) is 0.500. The number of amides is 1. The number of halogens is 2. The van der Waals surface area contributed by atoms with Gasteiger partial charge in [-0.1, -0.05) is 30.1 Å². The van der Waals surface area contributed by atoms with Crippen molar-refractivity contribution in [2.24, 2.45) is 5.41 Å². The summed E-state index contributed by atoms with van der Waals surface area (Å²) in [5, 5.41) is 9.86. The Balaban J connectivity index is 2.27. The summed E-state index contributed by atoms with van der Waals surface area (Å²) in [5.41, 5.74) is -0.619. The number of hydrogen-bond acceptors (Lipinski definition) is 3. The second kappa shape index (κ2) is 6.20. The van der Waals surface area contributed by atoms with Gasteiger partial charge in [0.1, 0.15) is 5.15 Å². The number of aliphatic carboxylic acids is 1. The molecular weight excluding hydrogens is 315 g/mol. The number of rotatable bonds is 3. The number of carboxylic acid groups (broad SMARTS) is 1. The molecule has 1 aromatic heterocycles. The summed E-state index contributed by atoms with van der Waals surface area (Å²) in [5.74, 6) is -1.16. The van der Waals surface area contributed by atoms with E-state index in [0.717, 1.165) is 0 Å². The van der Waals surface area contributed by atoms with Crippen molar-refractivity contribution in [2.45, 2.75) is 26.2 Å². The zero-order chi connectivity index (χ0) is 15.6. The number of carbonyl (C=O) groups is 2. The average Bonchev–Trinajstić information content (AvgIpc) is 2.48. The normalized spacial score (nSPS) is 22.1. The summed E-state index contributed by atoms with van der Waals surface area (Å²) < 4.78 is 0. The number of hydrogen-bond donors (Lipinski definition) is 1. The van der Waals surface area contributed by atoms with E-state index in [4.69, 9.17) is 23.2 Å². The predicted molar refractivity (Wildman–Crippen MR) is 79.8 cm³/mol. The second-order valence-electron chi connectivity index (χ2n) is 5.26. The van der Waals surface area contributed by atoms with Crippen LogP contribution < -0.4 is 0 Å². The number of carbonyl (C=O) groups excluding carboxylic acids is 1. The maximum absolute atomic E-state index is 12.6. The largest absolute Gasteiger partial charge is 0.481 e. The molecule has 1 aromatic rings. The van der Waals surface area contributed by atoms with Gasteiger partial charge < -0.3 is 10.0 Å². The van der Waals surface area contributed by atoms with Crippen molar-refractivity contribution in [1.82, 2.24) is 9.88 Å². The van der Waals surface area contributed by atoms with Crippen molar-refractivity contribution >= 4 is 35.1 Å². The van der Waals surface area contributed by atoms with Crippen LogP contribution in [0.15, 0.2) is 12.3 Å². The molecular formula is C14H16Cl2N2O3. The van der Waals surface area contributed by atoms with Crippen LogP contribution in [0.3, 0.4) is 0 Å². The lowest BCUT2D eigenvalue weighted by Crippen LogP contribution is -2.49. The van der Waals surface area contributed by atoms with Crippen molar-refractivity contribution in [2.75, 3.05) is 13.1 Å². The minimum atomic E-state index is -0.878. The Bertz CT molecular complexity index is 579. The van der Waals surface area contributed by atoms with Crippen LogP contribution in [0.1, 0.15) is 36.5 Å². The number of likely N-dealkylation sites (tertiary alicyclic amines) is 1. The van der Waals surface area contributed by atoms with Gasteiger partial charge in [-0.3, -0.25) is 9.59 Å². The SMILES string of the molecule is CCC1(C(=O)O)CCCN(C(=O)c2cc(Cl)ncc2Cl)C1. The zero-order valence-corrected chi connectivity index (χ0v) is 13.1. The molecule has 0 bridgehead atoms. The smallest absolute Gasteiger partial charge is 0.311 e. The van der Waals surface area contributed by atoms with Gasteiger partial charge in [0, 0.05) is 19.3 Å². The standard InChI is InChI=1S/C14H16Cl2N2O3/c1-2-14(13(20)21)4-3-5-18(8-14)12(19)9-6-11(16)17-7-10(9)15/h6-7H,2-5,8H2,1H3,(H,20,21). The molecule has 1 aliphatic rings. The molecule has 7 heteroatoms. The highest BCUT2D eigenvalue weighted by atomic mass is 35.5. The molecule has 0 spiro atoms. The monoisotopic (exact) mass is 330 g/mol. The highest BCUT2D eigenvalue weighted by Crippen LogP contribution is 2.34. The number of carboxylic acids is 1. The van der Waals surface area contributed by atoms with Crippen LogP contribution in [-0.4, -0.2) is 40.0 Å². The van der Waals surface area contributed by atoms with Crippen LogP contribution in [0.25, 0.3) is 0 Å². The second-order valence-corrected chi connectivity index (χ2v) is 6.05. The van der Waals surface area contributed by atoms with Gasteiger partial charge >= 0.3 is 5.97 Å². The van der Waals surface area contributed by atoms with E-state index < -0.39 is 11.4 Å². The number of nitrogens with zero attached hydrogens (tertiary/aromatic N) is 2. The fourth-order valence-corrected chi connectivity index (χ4v) is 3.01. The molecule has 0 radical (unpaired) electrons. The molecule has 0 saturated carbocycles. The minimum absolute atomic E-state index is 0.180. The summed E-state index contributed by atoms with van der Waals surface area (Å²) in [6, 6.07) is 1.41. The molecule has 1 amide bonds. The molecule has 0 aliphatic carbocycles. The molecule has 1 unspecified atom stereocenters. The van der Waals surface area contributed by atoms with E-state index in [1.54, 1.807) is 4.90 Å². The first-order chi connectivity index (χ1) is 9.89. The lowest BCUT2D eigenvalue weighted by molar-refractivity contribution is -0.152. The van der Waals surface area contributed by atoms with Gasteiger partial charge in [-0.2, -0.15) is 0 Å². The summed E-state index contributed by atoms with van der Waals surface area (Å²) in [7, 11) is 0. The minimum Gasteiger partial charge on any atom is -0.481 e. The maximum Gasteiger partial charge on any atom is 0.311 e. The Morgan fingerprint density at radius 2 is 2.19 bits per heavy atom. The lowest BCUT2D eigenvalue weighted by Gasteiger charge is -2.39. The molecule has 1 atom stereocenters. The Labute approximate surface area is 132 Å². The van der Waals surface area contributed by atoms with Gasteiger partial charge in [-0.05, 0) is 25.3 Å². The summed E-state index contributed by atoms with van der Waals surface area (Å²) >= 11 is 11.8. The third-order valence-electron chi connectivity index (χ3n) is 4.05. The molecule has 114 valence electrons. The van der Waals surface area contributed by atoms with Gasteiger partial charge in [0.2, 0.25) is 0 Å². The lowest BCUT2D eigenvalue weighted by atomic mass is 9.77. The number of aromatic nitrogens is 1. The van der Waals surface area contributed by atoms with Crippen LogP contribution in [0.5, 0.6) is 0 Å². The van der Waals surface area contributed by atoms with Gasteiger partial charge in [0.05, 0.1) is 16.0 Å². The predicted octanol–water partition coefficient (Wildman–Crippen LogP) is 3.11. The summed E-state index contributed by atoms with van der Waals surface area (Å²) in [6.45, 7) is 2.54. The van der Waals surface area contributed by atoms with E-state index in [1.807, 2.05) is 6.92 Å². The van der Waals surface area contributed by atoms with Crippen LogP contribution in [0.2, 0.25) is 10.2 Å². The third kappa shape index (κ3) is 3.14. The van der Waals surface area contributed by atoms with Crippen molar-refractivity contribution < 1.29 is 14.7 Å². The van der Waals surface area contributed by atoms with Crippen LogP contribution in [0, 0.1) is 5.41 Å². The number of piperidine rings is 1. The van der Waals surface area contributed by atoms with E-state index in [-0.39, 0.29) is 28.2 Å². The fourth-order valence-electron chi connectivity index (χ4n) is 2.67. The topological polar surface area (TPSA) is 70.5 Å². The molecule has 0 aromatic carbocycles. The van der Waals surface area contributed by atoms with Crippen molar-refractivity contribution in [3.63, 3.8) is 0 Å². The molecule has 1 saturated heterocycles. The van der Waals surface area contributed by atoms with Gasteiger partial charge in [0.25, 0.3) is 5.91 Å². The molecule has 2 heterocycles. The zero-order valence-electron chi connectivity index (χ0n) is 11.6. The van der Waals surface area contributed by atoms with E-state index in [0.29, 0.717) is 25.8 Å². The Morgan fingerprint density at radius 1 is 1.48 bits per heavy atom. The highest BCUT2D eigenvalue weighted by molar-refractivity contribution is 6.35. The average molecular weight is 331 g/mol. The third-order valence-corrected chi connectivity index (χ3v) is 4.55. The molecule has 1 N–H and O–H groups in total. The maximum atomic E-state index is 12.6. The van der Waals surface area contributed by atoms with Gasteiger partial charge in [-0.25, -0.2) is 4.98 Å². The first-order valence-electron chi connectivity index (χ1n) is 6.73. The van der Waals surface area contributed by atoms with E-state index in [1.165, 1.54) is 12.3 Å². The first kappa shape index (κ1) is 16.0. The van der Waals surface area contributed by atoms with Crippen LogP contribution in [0.4, 0.5) is 0 Å². The molecule has 5 nitrogen and oxygen atoms in total. The molecule has 1 aliphatic heterocycles. The van der Waals surface area contributed by atoms with E-state index >= 15 is 0 Å². The van der Waals surface area contributed by atoms with Crippen molar-refractivity contribution in [3.8, 4) is 0 Å². The van der Waals surface area contributed by atoms with Gasteiger partial charge in [0.15, 0.2) is 0 Å². The summed E-state index contributed by atoms with van der Waals surface area (Å²) in [6.07, 6.45) is 3.04. The first-order valence-corrected chi connectivity index (χ1v) is 7.49. The Morgan fingerprint density at radius 3 is 2.81 bits per heavy atom. The number of pyridine rings is 1. The van der Waals surface area contributed by atoms with Crippen molar-refractivity contribution in [3.05, 3.63) is 28.0 Å². The molecule has 2 rings (SSSR count). The van der Waals surface area contributed by atoms with Crippen LogP contribution in [-0.2, 0) is 4.79 Å². The molecule has 1 fully saturated rings.